The molecule has 0 aliphatic rings. The quantitative estimate of drug-likeness (QED) is 0.604. The lowest BCUT2D eigenvalue weighted by molar-refractivity contribution is 0.0728. The Bertz CT molecular complexity index is 958. The molecule has 0 N–H and O–H groups in total. The molecular formula is C20H19ClFN3O2. The van der Waals surface area contributed by atoms with Crippen LogP contribution in [0.15, 0.2) is 46.9 Å². The minimum atomic E-state index is -0.406. The Morgan fingerprint density at radius 3 is 2.70 bits per heavy atom. The maximum Gasteiger partial charge on any atom is 0.254 e. The summed E-state index contributed by atoms with van der Waals surface area (Å²) < 4.78 is 19.5. The number of rotatable bonds is 6. The molecule has 0 atom stereocenters. The van der Waals surface area contributed by atoms with Crippen LogP contribution in [0.4, 0.5) is 4.39 Å². The Labute approximate surface area is 161 Å². The molecular weight excluding hydrogens is 369 g/mol. The van der Waals surface area contributed by atoms with E-state index in [4.69, 9.17) is 16.0 Å². The number of hydrogen-bond acceptors (Lipinski definition) is 4. The summed E-state index contributed by atoms with van der Waals surface area (Å²) in [6.07, 6.45) is 0.742. The minimum absolute atomic E-state index is 0.139. The summed E-state index contributed by atoms with van der Waals surface area (Å²) in [6.45, 7) is 4.23. The lowest BCUT2D eigenvalue weighted by Gasteiger charge is -2.20. The molecule has 0 unspecified atom stereocenters. The van der Waals surface area contributed by atoms with Gasteiger partial charge in [0.15, 0.2) is 0 Å². The van der Waals surface area contributed by atoms with Gasteiger partial charge in [0.2, 0.25) is 11.8 Å². The van der Waals surface area contributed by atoms with Gasteiger partial charge in [0.25, 0.3) is 5.91 Å². The monoisotopic (exact) mass is 387 g/mol. The van der Waals surface area contributed by atoms with E-state index in [9.17, 15) is 9.18 Å². The topological polar surface area (TPSA) is 59.2 Å². The van der Waals surface area contributed by atoms with E-state index in [0.29, 0.717) is 34.5 Å². The Hall–Kier alpha value is -2.73. The minimum Gasteiger partial charge on any atom is -0.419 e. The van der Waals surface area contributed by atoms with Gasteiger partial charge in [-0.15, -0.1) is 10.2 Å². The van der Waals surface area contributed by atoms with Crippen molar-refractivity contribution in [3.05, 3.63) is 70.3 Å². The van der Waals surface area contributed by atoms with E-state index in [1.807, 2.05) is 19.1 Å². The van der Waals surface area contributed by atoms with Crippen molar-refractivity contribution in [2.75, 3.05) is 6.54 Å². The number of benzene rings is 2. The fourth-order valence-electron chi connectivity index (χ4n) is 2.66. The van der Waals surface area contributed by atoms with E-state index >= 15 is 0 Å². The summed E-state index contributed by atoms with van der Waals surface area (Å²) in [5, 5.41) is 8.54. The predicted octanol–water partition coefficient (Wildman–Crippen LogP) is 4.89. The van der Waals surface area contributed by atoms with Crippen LogP contribution in [0.25, 0.3) is 11.5 Å². The van der Waals surface area contributed by atoms with Gasteiger partial charge in [0, 0.05) is 12.1 Å². The molecule has 5 nitrogen and oxygen atoms in total. The van der Waals surface area contributed by atoms with Gasteiger partial charge in [-0.3, -0.25) is 4.79 Å². The molecule has 0 radical (unpaired) electrons. The van der Waals surface area contributed by atoms with Crippen LogP contribution in [0.3, 0.4) is 0 Å². The van der Waals surface area contributed by atoms with Crippen LogP contribution in [0.2, 0.25) is 5.02 Å². The predicted molar refractivity (Wildman–Crippen MR) is 101 cm³/mol. The highest BCUT2D eigenvalue weighted by Crippen LogP contribution is 2.26. The molecule has 0 aliphatic carbocycles. The molecule has 7 heteroatoms. The molecule has 0 spiro atoms. The van der Waals surface area contributed by atoms with Gasteiger partial charge in [-0.25, -0.2) is 4.39 Å². The zero-order valence-electron chi connectivity index (χ0n) is 15.1. The average Bonchev–Trinajstić information content (AvgIpc) is 3.12. The summed E-state index contributed by atoms with van der Waals surface area (Å²) in [5.74, 6) is -0.107. The molecule has 0 aliphatic heterocycles. The van der Waals surface area contributed by atoms with E-state index < -0.39 is 5.82 Å². The van der Waals surface area contributed by atoms with Crippen LogP contribution in [-0.2, 0) is 6.54 Å². The highest BCUT2D eigenvalue weighted by Gasteiger charge is 2.20. The molecule has 0 bridgehead atoms. The first-order valence-corrected chi connectivity index (χ1v) is 9.00. The van der Waals surface area contributed by atoms with Crippen molar-refractivity contribution in [1.29, 1.82) is 0 Å². The van der Waals surface area contributed by atoms with Crippen molar-refractivity contribution in [2.45, 2.75) is 26.8 Å². The first kappa shape index (κ1) is 19.0. The highest BCUT2D eigenvalue weighted by atomic mass is 35.5. The molecule has 0 saturated heterocycles. The normalized spacial score (nSPS) is 10.8. The van der Waals surface area contributed by atoms with Gasteiger partial charge in [0.05, 0.1) is 17.1 Å². The van der Waals surface area contributed by atoms with E-state index in [-0.39, 0.29) is 18.0 Å². The molecule has 2 aromatic carbocycles. The first-order chi connectivity index (χ1) is 13.0. The van der Waals surface area contributed by atoms with Gasteiger partial charge >= 0.3 is 0 Å². The summed E-state index contributed by atoms with van der Waals surface area (Å²) >= 11 is 6.15. The number of carbonyl (C=O) groups is 1. The Morgan fingerprint density at radius 2 is 2.00 bits per heavy atom. The third-order valence-electron chi connectivity index (χ3n) is 4.10. The Kier molecular flexibility index (Phi) is 5.86. The second-order valence-corrected chi connectivity index (χ2v) is 6.58. The molecule has 1 aromatic heterocycles. The lowest BCUT2D eigenvalue weighted by atomic mass is 10.1. The summed E-state index contributed by atoms with van der Waals surface area (Å²) in [4.78, 5) is 14.3. The molecule has 3 aromatic rings. The maximum absolute atomic E-state index is 13.8. The van der Waals surface area contributed by atoms with Crippen molar-refractivity contribution in [2.24, 2.45) is 0 Å². The molecule has 27 heavy (non-hydrogen) atoms. The largest absolute Gasteiger partial charge is 0.419 e. The smallest absolute Gasteiger partial charge is 0.254 e. The summed E-state index contributed by atoms with van der Waals surface area (Å²) in [6, 6.07) is 11.6. The van der Waals surface area contributed by atoms with Gasteiger partial charge < -0.3 is 9.32 Å². The SMILES string of the molecule is CCCN(Cc1nnc(-c2ccccc2Cl)o1)C(=O)c1ccc(C)c(F)c1. The fraction of sp³-hybridized carbons (Fsp3) is 0.250. The van der Waals surface area contributed by atoms with Gasteiger partial charge in [-0.1, -0.05) is 36.7 Å². The van der Waals surface area contributed by atoms with Crippen molar-refractivity contribution in [1.82, 2.24) is 15.1 Å². The molecule has 0 saturated carbocycles. The van der Waals surface area contributed by atoms with E-state index in [2.05, 4.69) is 10.2 Å². The van der Waals surface area contributed by atoms with E-state index in [1.54, 1.807) is 36.1 Å². The van der Waals surface area contributed by atoms with Gasteiger partial charge in [-0.2, -0.15) is 0 Å². The van der Waals surface area contributed by atoms with Gasteiger partial charge in [0.1, 0.15) is 5.82 Å². The van der Waals surface area contributed by atoms with Crippen LogP contribution in [0.1, 0.15) is 35.2 Å². The Morgan fingerprint density at radius 1 is 1.22 bits per heavy atom. The highest BCUT2D eigenvalue weighted by molar-refractivity contribution is 6.33. The number of aryl methyl sites for hydroxylation is 1. The fourth-order valence-corrected chi connectivity index (χ4v) is 2.87. The van der Waals surface area contributed by atoms with Crippen molar-refractivity contribution >= 4 is 17.5 Å². The molecule has 1 heterocycles. The second kappa shape index (κ2) is 8.31. The molecule has 0 fully saturated rings. The lowest BCUT2D eigenvalue weighted by Crippen LogP contribution is -2.31. The average molecular weight is 388 g/mol. The number of amides is 1. The van der Waals surface area contributed by atoms with Crippen LogP contribution in [0, 0.1) is 12.7 Å². The zero-order valence-corrected chi connectivity index (χ0v) is 15.8. The summed E-state index contributed by atoms with van der Waals surface area (Å²) in [7, 11) is 0. The van der Waals surface area contributed by atoms with E-state index in [1.165, 1.54) is 6.07 Å². The third kappa shape index (κ3) is 4.34. The summed E-state index contributed by atoms with van der Waals surface area (Å²) in [5.41, 5.74) is 1.42. The second-order valence-electron chi connectivity index (χ2n) is 6.17. The Balaban J connectivity index is 1.81. The van der Waals surface area contributed by atoms with E-state index in [0.717, 1.165) is 6.42 Å². The standard InChI is InChI=1S/C20H19ClFN3O2/c1-3-10-25(20(26)14-9-8-13(2)17(22)11-14)12-18-23-24-19(27-18)15-6-4-5-7-16(15)21/h4-9,11H,3,10,12H2,1-2H3. The molecule has 140 valence electrons. The molecule has 1 amide bonds. The number of carbonyl (C=O) groups excluding carboxylic acids is 1. The van der Waals surface area contributed by atoms with Crippen molar-refractivity contribution in [3.8, 4) is 11.5 Å². The van der Waals surface area contributed by atoms with Crippen LogP contribution in [-0.4, -0.2) is 27.5 Å². The molecule has 3 rings (SSSR count). The zero-order chi connectivity index (χ0) is 19.4. The maximum atomic E-state index is 13.8. The van der Waals surface area contributed by atoms with Crippen molar-refractivity contribution < 1.29 is 13.6 Å². The number of aromatic nitrogens is 2. The number of nitrogens with zero attached hydrogens (tertiary/aromatic N) is 3. The van der Waals surface area contributed by atoms with Crippen LogP contribution >= 0.6 is 11.6 Å². The van der Waals surface area contributed by atoms with Crippen molar-refractivity contribution in [3.63, 3.8) is 0 Å². The first-order valence-electron chi connectivity index (χ1n) is 8.62. The van der Waals surface area contributed by atoms with Crippen LogP contribution < -0.4 is 0 Å². The van der Waals surface area contributed by atoms with Crippen LogP contribution in [0.5, 0.6) is 0 Å². The third-order valence-corrected chi connectivity index (χ3v) is 4.43. The number of halogens is 2. The number of hydrogen-bond donors (Lipinski definition) is 0. The van der Waals surface area contributed by atoms with Gasteiger partial charge in [-0.05, 0) is 43.2 Å².